The quantitative estimate of drug-likeness (QED) is 0.630. The molecule has 31 heavy (non-hydrogen) atoms. The molecule has 158 valence electrons. The van der Waals surface area contributed by atoms with E-state index in [-0.39, 0.29) is 23.8 Å². The average molecular weight is 432 g/mol. The fraction of sp³-hybridized carbons (Fsp3) is 0.280. The number of carbonyl (C=O) groups is 2. The van der Waals surface area contributed by atoms with Gasteiger partial charge >= 0.3 is 0 Å². The molecule has 2 aliphatic heterocycles. The smallest absolute Gasteiger partial charge is 0.254 e. The van der Waals surface area contributed by atoms with Crippen molar-refractivity contribution in [2.24, 2.45) is 0 Å². The molecule has 2 unspecified atom stereocenters. The van der Waals surface area contributed by atoms with Gasteiger partial charge in [-0.15, -0.1) is 11.3 Å². The minimum absolute atomic E-state index is 0.0213. The van der Waals surface area contributed by atoms with Gasteiger partial charge in [0, 0.05) is 49.4 Å². The van der Waals surface area contributed by atoms with E-state index in [2.05, 4.69) is 17.0 Å². The van der Waals surface area contributed by atoms with Crippen molar-refractivity contribution < 1.29 is 9.59 Å². The summed E-state index contributed by atoms with van der Waals surface area (Å²) in [7, 11) is 1.82. The summed E-state index contributed by atoms with van der Waals surface area (Å²) in [6.45, 7) is 2.98. The first-order valence-electron chi connectivity index (χ1n) is 10.6. The molecule has 2 aliphatic rings. The van der Waals surface area contributed by atoms with Crippen LogP contribution < -0.4 is 4.90 Å². The number of likely N-dealkylation sites (N-methyl/N-ethyl adjacent to an activating group) is 1. The average Bonchev–Trinajstić information content (AvgIpc) is 3.36. The Morgan fingerprint density at radius 3 is 2.32 bits per heavy atom. The number of benzene rings is 2. The largest absolute Gasteiger partial charge is 0.368 e. The van der Waals surface area contributed by atoms with Crippen LogP contribution in [-0.4, -0.2) is 54.8 Å². The third-order valence-electron chi connectivity index (χ3n) is 6.39. The number of hydrogen-bond donors (Lipinski definition) is 0. The molecule has 1 fully saturated rings. The van der Waals surface area contributed by atoms with Gasteiger partial charge in [0.2, 0.25) is 5.91 Å². The Kier molecular flexibility index (Phi) is 5.24. The van der Waals surface area contributed by atoms with Crippen molar-refractivity contribution in [3.05, 3.63) is 88.1 Å². The van der Waals surface area contributed by atoms with Crippen LogP contribution in [0.2, 0.25) is 0 Å². The maximum atomic E-state index is 13.9. The van der Waals surface area contributed by atoms with Gasteiger partial charge in [-0.3, -0.25) is 9.59 Å². The Bertz CT molecular complexity index is 1080. The lowest BCUT2D eigenvalue weighted by atomic mass is 9.81. The normalized spacial score (nSPS) is 21.2. The van der Waals surface area contributed by atoms with Crippen molar-refractivity contribution in [1.29, 1.82) is 0 Å². The first kappa shape index (κ1) is 19.8. The van der Waals surface area contributed by atoms with E-state index < -0.39 is 0 Å². The summed E-state index contributed by atoms with van der Waals surface area (Å²) in [5, 5.41) is 2.01. The fourth-order valence-corrected chi connectivity index (χ4v) is 5.68. The van der Waals surface area contributed by atoms with Gasteiger partial charge in [0.15, 0.2) is 0 Å². The van der Waals surface area contributed by atoms with Gasteiger partial charge in [-0.2, -0.15) is 0 Å². The molecule has 6 heteroatoms. The highest BCUT2D eigenvalue weighted by atomic mass is 32.1. The summed E-state index contributed by atoms with van der Waals surface area (Å²) in [6.07, 6.45) is 0. The molecule has 0 spiro atoms. The molecule has 5 rings (SSSR count). The van der Waals surface area contributed by atoms with Gasteiger partial charge in [-0.1, -0.05) is 42.5 Å². The third kappa shape index (κ3) is 3.51. The van der Waals surface area contributed by atoms with E-state index in [4.69, 9.17) is 0 Å². The highest BCUT2D eigenvalue weighted by Gasteiger charge is 2.44. The van der Waals surface area contributed by atoms with Crippen molar-refractivity contribution in [1.82, 2.24) is 9.80 Å². The number of para-hydroxylation sites is 1. The number of rotatable bonds is 3. The second kappa shape index (κ2) is 8.19. The molecule has 1 aromatic heterocycles. The lowest BCUT2D eigenvalue weighted by Gasteiger charge is -2.43. The maximum Gasteiger partial charge on any atom is 0.254 e. The predicted molar refractivity (Wildman–Crippen MR) is 124 cm³/mol. The van der Waals surface area contributed by atoms with Gasteiger partial charge in [0.25, 0.3) is 5.91 Å². The van der Waals surface area contributed by atoms with Crippen LogP contribution in [0.5, 0.6) is 0 Å². The van der Waals surface area contributed by atoms with Crippen molar-refractivity contribution >= 4 is 28.8 Å². The van der Waals surface area contributed by atoms with Crippen molar-refractivity contribution in [3.8, 4) is 0 Å². The maximum absolute atomic E-state index is 13.9. The molecule has 1 saturated heterocycles. The molecule has 5 nitrogen and oxygen atoms in total. The van der Waals surface area contributed by atoms with E-state index >= 15 is 0 Å². The molecular formula is C25H25N3O2S. The van der Waals surface area contributed by atoms with E-state index in [1.807, 2.05) is 71.9 Å². The topological polar surface area (TPSA) is 43.9 Å². The number of amides is 2. The highest BCUT2D eigenvalue weighted by molar-refractivity contribution is 7.10. The molecule has 0 aliphatic carbocycles. The summed E-state index contributed by atoms with van der Waals surface area (Å²) in [5.74, 6) is -0.300. The van der Waals surface area contributed by atoms with Crippen LogP contribution in [0.25, 0.3) is 0 Å². The van der Waals surface area contributed by atoms with Gasteiger partial charge in [-0.05, 0) is 35.2 Å². The second-order valence-electron chi connectivity index (χ2n) is 8.09. The van der Waals surface area contributed by atoms with Crippen molar-refractivity contribution in [2.75, 3.05) is 38.1 Å². The van der Waals surface area contributed by atoms with Gasteiger partial charge in [-0.25, -0.2) is 0 Å². The Morgan fingerprint density at radius 1 is 0.903 bits per heavy atom. The summed E-state index contributed by atoms with van der Waals surface area (Å²) in [4.78, 5) is 34.1. The Balaban J connectivity index is 1.45. The summed E-state index contributed by atoms with van der Waals surface area (Å²) < 4.78 is 0. The molecule has 3 aromatic rings. The minimum Gasteiger partial charge on any atom is -0.368 e. The van der Waals surface area contributed by atoms with E-state index in [1.165, 1.54) is 5.69 Å². The van der Waals surface area contributed by atoms with Crippen molar-refractivity contribution in [3.63, 3.8) is 0 Å². The number of piperazine rings is 1. The Morgan fingerprint density at radius 2 is 1.61 bits per heavy atom. The van der Waals surface area contributed by atoms with Crippen LogP contribution in [0.15, 0.2) is 72.1 Å². The van der Waals surface area contributed by atoms with Crippen LogP contribution in [0.4, 0.5) is 5.69 Å². The van der Waals surface area contributed by atoms with Crippen LogP contribution in [-0.2, 0) is 4.79 Å². The summed E-state index contributed by atoms with van der Waals surface area (Å²) >= 11 is 1.60. The first-order chi connectivity index (χ1) is 15.1. The number of anilines is 1. The summed E-state index contributed by atoms with van der Waals surface area (Å²) in [6, 6.07) is 21.7. The van der Waals surface area contributed by atoms with E-state index in [9.17, 15) is 9.59 Å². The lowest BCUT2D eigenvalue weighted by Crippen LogP contribution is -2.53. The molecule has 2 atom stereocenters. The lowest BCUT2D eigenvalue weighted by molar-refractivity contribution is -0.134. The highest BCUT2D eigenvalue weighted by Crippen LogP contribution is 2.44. The van der Waals surface area contributed by atoms with Crippen LogP contribution in [0, 0.1) is 0 Å². The molecule has 0 radical (unpaired) electrons. The monoisotopic (exact) mass is 431 g/mol. The molecule has 3 heterocycles. The zero-order valence-electron chi connectivity index (χ0n) is 17.5. The zero-order valence-corrected chi connectivity index (χ0v) is 18.3. The number of thiophene rings is 1. The third-order valence-corrected chi connectivity index (χ3v) is 7.34. The fourth-order valence-electron chi connectivity index (χ4n) is 4.78. The van der Waals surface area contributed by atoms with Crippen LogP contribution in [0.1, 0.15) is 32.8 Å². The number of nitrogens with zero attached hydrogens (tertiary/aromatic N) is 3. The van der Waals surface area contributed by atoms with Gasteiger partial charge in [0.05, 0.1) is 12.0 Å². The van der Waals surface area contributed by atoms with E-state index in [1.54, 1.807) is 16.2 Å². The molecule has 0 bridgehead atoms. The summed E-state index contributed by atoms with van der Waals surface area (Å²) in [5.41, 5.74) is 2.68. The molecule has 2 aromatic carbocycles. The SMILES string of the molecule is CN1C(=O)c2ccccc2C(C(=O)N2CCN(c3ccccc3)CC2)C1c1cccs1. The molecule has 0 saturated carbocycles. The number of fused-ring (bicyclic) bond motifs is 1. The predicted octanol–water partition coefficient (Wildman–Crippen LogP) is 4.01. The molecule has 2 amide bonds. The van der Waals surface area contributed by atoms with E-state index in [0.717, 1.165) is 23.5 Å². The van der Waals surface area contributed by atoms with Crippen molar-refractivity contribution in [2.45, 2.75) is 12.0 Å². The number of hydrogen-bond acceptors (Lipinski definition) is 4. The van der Waals surface area contributed by atoms with Gasteiger partial charge in [0.1, 0.15) is 0 Å². The standard InChI is InChI=1S/C25H25N3O2S/c1-26-23(21-12-7-17-31-21)22(19-10-5-6-11-20(19)24(26)29)25(30)28-15-13-27(14-16-28)18-8-3-2-4-9-18/h2-12,17,22-23H,13-16H2,1H3. The van der Waals surface area contributed by atoms with E-state index in [0.29, 0.717) is 18.7 Å². The van der Waals surface area contributed by atoms with Crippen LogP contribution >= 0.6 is 11.3 Å². The molecular weight excluding hydrogens is 406 g/mol. The second-order valence-corrected chi connectivity index (χ2v) is 9.07. The molecule has 0 N–H and O–H groups in total. The minimum atomic E-state index is -0.388. The van der Waals surface area contributed by atoms with Gasteiger partial charge < -0.3 is 14.7 Å². The Hall–Kier alpha value is -3.12. The van der Waals surface area contributed by atoms with Crippen LogP contribution in [0.3, 0.4) is 0 Å². The number of carbonyl (C=O) groups excluding carboxylic acids is 2. The first-order valence-corrected chi connectivity index (χ1v) is 11.5. The Labute approximate surface area is 186 Å². The zero-order chi connectivity index (χ0) is 21.4.